The van der Waals surface area contributed by atoms with Gasteiger partial charge >= 0.3 is 0 Å². The molecule has 15 heavy (non-hydrogen) atoms. The first-order chi connectivity index (χ1) is 7.19. The van der Waals surface area contributed by atoms with E-state index >= 15 is 0 Å². The molecular formula is C12H19BrN2. The number of nitrogens with two attached hydrogens (primary N) is 1. The maximum absolute atomic E-state index is 5.53. The fraction of sp³-hybridized carbons (Fsp3) is 0.500. The maximum atomic E-state index is 5.53. The first-order valence-electron chi connectivity index (χ1n) is 5.40. The van der Waals surface area contributed by atoms with Crippen molar-refractivity contribution in [3.63, 3.8) is 0 Å². The fourth-order valence-corrected chi connectivity index (χ4v) is 1.90. The number of anilines is 1. The van der Waals surface area contributed by atoms with E-state index in [4.69, 9.17) is 5.73 Å². The minimum Gasteiger partial charge on any atom is -0.372 e. The number of rotatable bonds is 5. The van der Waals surface area contributed by atoms with Gasteiger partial charge < -0.3 is 10.6 Å². The van der Waals surface area contributed by atoms with E-state index < -0.39 is 0 Å². The summed E-state index contributed by atoms with van der Waals surface area (Å²) in [4.78, 5) is 2.34. The molecule has 0 heterocycles. The molecule has 0 bridgehead atoms. The molecule has 0 aliphatic carbocycles. The second kappa shape index (κ2) is 6.13. The molecule has 0 radical (unpaired) electrons. The molecule has 1 aromatic rings. The average molecular weight is 271 g/mol. The molecule has 0 spiro atoms. The molecule has 0 aromatic heterocycles. The van der Waals surface area contributed by atoms with Crippen LogP contribution in [0.4, 0.5) is 5.69 Å². The van der Waals surface area contributed by atoms with E-state index in [1.165, 1.54) is 15.7 Å². The van der Waals surface area contributed by atoms with Crippen LogP contribution < -0.4 is 10.6 Å². The fourth-order valence-electron chi connectivity index (χ4n) is 1.53. The molecule has 0 amide bonds. The summed E-state index contributed by atoms with van der Waals surface area (Å²) in [6, 6.07) is 6.49. The number of hydrogen-bond acceptors (Lipinski definition) is 2. The van der Waals surface area contributed by atoms with Crippen molar-refractivity contribution in [2.24, 2.45) is 5.73 Å². The van der Waals surface area contributed by atoms with Crippen LogP contribution in [0.1, 0.15) is 18.9 Å². The topological polar surface area (TPSA) is 29.3 Å². The summed E-state index contributed by atoms with van der Waals surface area (Å²) in [6.45, 7) is 7.08. The van der Waals surface area contributed by atoms with Crippen LogP contribution in [0, 0.1) is 6.92 Å². The zero-order valence-corrected chi connectivity index (χ0v) is 11.0. The van der Waals surface area contributed by atoms with Crippen LogP contribution in [0.2, 0.25) is 0 Å². The standard InChI is InChI=1S/C12H19BrN2/c1-3-15(8-4-7-14)11-6-5-10(2)12(13)9-11/h5-6,9H,3-4,7-8,14H2,1-2H3. The van der Waals surface area contributed by atoms with Crippen LogP contribution in [0.25, 0.3) is 0 Å². The molecule has 0 saturated heterocycles. The van der Waals surface area contributed by atoms with E-state index in [9.17, 15) is 0 Å². The number of hydrogen-bond donors (Lipinski definition) is 1. The minimum atomic E-state index is 0.754. The van der Waals surface area contributed by atoms with Crippen molar-refractivity contribution in [2.75, 3.05) is 24.5 Å². The highest BCUT2D eigenvalue weighted by molar-refractivity contribution is 9.10. The SMILES string of the molecule is CCN(CCCN)c1ccc(C)c(Br)c1. The molecule has 0 aliphatic rings. The summed E-state index contributed by atoms with van der Waals surface area (Å²) >= 11 is 3.56. The Kier molecular flexibility index (Phi) is 5.12. The van der Waals surface area contributed by atoms with Crippen molar-refractivity contribution in [2.45, 2.75) is 20.3 Å². The van der Waals surface area contributed by atoms with E-state index in [0.717, 1.165) is 26.1 Å². The summed E-state index contributed by atoms with van der Waals surface area (Å²) in [7, 11) is 0. The van der Waals surface area contributed by atoms with Crippen LogP contribution in [0.5, 0.6) is 0 Å². The molecule has 3 heteroatoms. The second-order valence-corrected chi connectivity index (χ2v) is 4.51. The Bertz CT molecular complexity index is 312. The molecule has 0 fully saturated rings. The van der Waals surface area contributed by atoms with Gasteiger partial charge in [-0.15, -0.1) is 0 Å². The lowest BCUT2D eigenvalue weighted by Crippen LogP contribution is -2.25. The Balaban J connectivity index is 2.78. The molecular weight excluding hydrogens is 252 g/mol. The van der Waals surface area contributed by atoms with E-state index in [-0.39, 0.29) is 0 Å². The van der Waals surface area contributed by atoms with Crippen LogP contribution in [0.15, 0.2) is 22.7 Å². The Hall–Kier alpha value is -0.540. The van der Waals surface area contributed by atoms with Gasteiger partial charge in [-0.1, -0.05) is 22.0 Å². The van der Waals surface area contributed by atoms with Gasteiger partial charge in [0.05, 0.1) is 0 Å². The van der Waals surface area contributed by atoms with Crippen molar-refractivity contribution >= 4 is 21.6 Å². The van der Waals surface area contributed by atoms with Crippen LogP contribution in [-0.2, 0) is 0 Å². The van der Waals surface area contributed by atoms with Crippen molar-refractivity contribution in [3.8, 4) is 0 Å². The summed E-state index contributed by atoms with van der Waals surface area (Å²) in [5.41, 5.74) is 8.07. The first-order valence-corrected chi connectivity index (χ1v) is 6.19. The normalized spacial score (nSPS) is 10.4. The summed E-state index contributed by atoms with van der Waals surface area (Å²) in [5.74, 6) is 0. The van der Waals surface area contributed by atoms with Crippen LogP contribution in [0.3, 0.4) is 0 Å². The largest absolute Gasteiger partial charge is 0.372 e. The highest BCUT2D eigenvalue weighted by Gasteiger charge is 2.04. The maximum Gasteiger partial charge on any atom is 0.0377 e. The average Bonchev–Trinajstić information content (AvgIpc) is 2.24. The first kappa shape index (κ1) is 12.5. The Morgan fingerprint density at radius 2 is 2.13 bits per heavy atom. The molecule has 0 saturated carbocycles. The molecule has 0 aliphatic heterocycles. The van der Waals surface area contributed by atoms with Crippen LogP contribution in [-0.4, -0.2) is 19.6 Å². The number of nitrogens with zero attached hydrogens (tertiary/aromatic N) is 1. The van der Waals surface area contributed by atoms with Gasteiger partial charge in [-0.3, -0.25) is 0 Å². The number of aryl methyl sites for hydroxylation is 1. The van der Waals surface area contributed by atoms with Gasteiger partial charge in [0.2, 0.25) is 0 Å². The molecule has 0 atom stereocenters. The van der Waals surface area contributed by atoms with Gasteiger partial charge in [-0.2, -0.15) is 0 Å². The Labute approximate surface area is 101 Å². The van der Waals surface area contributed by atoms with Crippen LogP contribution >= 0.6 is 15.9 Å². The summed E-state index contributed by atoms with van der Waals surface area (Å²) in [6.07, 6.45) is 1.04. The lowest BCUT2D eigenvalue weighted by Gasteiger charge is -2.23. The minimum absolute atomic E-state index is 0.754. The molecule has 84 valence electrons. The molecule has 0 unspecified atom stereocenters. The van der Waals surface area contributed by atoms with Crippen molar-refractivity contribution in [3.05, 3.63) is 28.2 Å². The van der Waals surface area contributed by atoms with Gasteiger partial charge in [0.25, 0.3) is 0 Å². The van der Waals surface area contributed by atoms with Gasteiger partial charge in [-0.05, 0) is 44.5 Å². The predicted octanol–water partition coefficient (Wildman–Crippen LogP) is 2.93. The third kappa shape index (κ3) is 3.50. The lowest BCUT2D eigenvalue weighted by molar-refractivity contribution is 0.754. The number of halogens is 1. The molecule has 2 N–H and O–H groups in total. The zero-order valence-electron chi connectivity index (χ0n) is 9.46. The highest BCUT2D eigenvalue weighted by atomic mass is 79.9. The van der Waals surface area contributed by atoms with Gasteiger partial charge in [0.1, 0.15) is 0 Å². The third-order valence-electron chi connectivity index (χ3n) is 2.53. The van der Waals surface area contributed by atoms with E-state index in [0.29, 0.717) is 0 Å². The Morgan fingerprint density at radius 3 is 2.67 bits per heavy atom. The van der Waals surface area contributed by atoms with Gasteiger partial charge in [-0.25, -0.2) is 0 Å². The van der Waals surface area contributed by atoms with E-state index in [2.05, 4.69) is 52.9 Å². The van der Waals surface area contributed by atoms with Crippen molar-refractivity contribution in [1.29, 1.82) is 0 Å². The van der Waals surface area contributed by atoms with Gasteiger partial charge in [0, 0.05) is 23.2 Å². The highest BCUT2D eigenvalue weighted by Crippen LogP contribution is 2.23. The summed E-state index contributed by atoms with van der Waals surface area (Å²) in [5, 5.41) is 0. The second-order valence-electron chi connectivity index (χ2n) is 3.66. The van der Waals surface area contributed by atoms with Gasteiger partial charge in [0.15, 0.2) is 0 Å². The number of benzene rings is 1. The molecule has 2 nitrogen and oxygen atoms in total. The smallest absolute Gasteiger partial charge is 0.0377 e. The Morgan fingerprint density at radius 1 is 1.40 bits per heavy atom. The van der Waals surface area contributed by atoms with E-state index in [1.807, 2.05) is 0 Å². The summed E-state index contributed by atoms with van der Waals surface area (Å²) < 4.78 is 1.17. The zero-order chi connectivity index (χ0) is 11.3. The molecule has 1 rings (SSSR count). The third-order valence-corrected chi connectivity index (χ3v) is 3.39. The van der Waals surface area contributed by atoms with Crippen molar-refractivity contribution in [1.82, 2.24) is 0 Å². The monoisotopic (exact) mass is 270 g/mol. The predicted molar refractivity (Wildman–Crippen MR) is 70.4 cm³/mol. The van der Waals surface area contributed by atoms with E-state index in [1.54, 1.807) is 0 Å². The quantitative estimate of drug-likeness (QED) is 0.892. The van der Waals surface area contributed by atoms with Crippen molar-refractivity contribution < 1.29 is 0 Å². The lowest BCUT2D eigenvalue weighted by atomic mass is 10.2. The molecule has 1 aromatic carbocycles.